The summed E-state index contributed by atoms with van der Waals surface area (Å²) in [4.78, 5) is 2.22. The predicted molar refractivity (Wildman–Crippen MR) is 77.7 cm³/mol. The fourth-order valence-electron chi connectivity index (χ4n) is 2.41. The molecule has 0 amide bonds. The van der Waals surface area contributed by atoms with Gasteiger partial charge in [0.05, 0.1) is 12.6 Å². The Kier molecular flexibility index (Phi) is 3.73. The van der Waals surface area contributed by atoms with Crippen molar-refractivity contribution in [2.75, 3.05) is 13.1 Å². The first kappa shape index (κ1) is 12.9. The molecule has 1 atom stereocenters. The van der Waals surface area contributed by atoms with Gasteiger partial charge in [-0.25, -0.2) is 0 Å². The fraction of sp³-hybridized carbons (Fsp3) is 0.333. The largest absolute Gasteiger partial charge is 0.460 e. The van der Waals surface area contributed by atoms with E-state index < -0.39 is 0 Å². The van der Waals surface area contributed by atoms with Crippen LogP contribution in [0.25, 0.3) is 11.3 Å². The Balaban J connectivity index is 1.71. The number of halogens is 1. The highest BCUT2D eigenvalue weighted by molar-refractivity contribution is 9.10. The Hall–Kier alpha value is -1.10. The van der Waals surface area contributed by atoms with Crippen LogP contribution in [0.15, 0.2) is 45.3 Å². The number of benzene rings is 1. The van der Waals surface area contributed by atoms with Gasteiger partial charge in [0.1, 0.15) is 11.5 Å². The summed E-state index contributed by atoms with van der Waals surface area (Å²) < 4.78 is 6.93. The number of nitrogens with zero attached hydrogens (tertiary/aromatic N) is 1. The van der Waals surface area contributed by atoms with E-state index in [2.05, 4.69) is 20.8 Å². The molecule has 0 unspecified atom stereocenters. The molecule has 0 bridgehead atoms. The number of hydrogen-bond acceptors (Lipinski definition) is 3. The summed E-state index contributed by atoms with van der Waals surface area (Å²) in [5.41, 5.74) is 1.08. The van der Waals surface area contributed by atoms with Crippen LogP contribution in [0.2, 0.25) is 0 Å². The van der Waals surface area contributed by atoms with E-state index in [-0.39, 0.29) is 6.10 Å². The number of hydrogen-bond donors (Lipinski definition) is 1. The van der Waals surface area contributed by atoms with Crippen molar-refractivity contribution in [1.29, 1.82) is 0 Å². The van der Waals surface area contributed by atoms with Crippen molar-refractivity contribution in [2.45, 2.75) is 19.1 Å². The Morgan fingerprint density at radius 2 is 2.00 bits per heavy atom. The van der Waals surface area contributed by atoms with Crippen LogP contribution in [0.1, 0.15) is 12.2 Å². The average molecular weight is 322 g/mol. The number of β-amino-alcohol motifs (C(OH)–C–C–N with tert-alkyl or cyclic N) is 1. The smallest absolute Gasteiger partial charge is 0.134 e. The van der Waals surface area contributed by atoms with E-state index in [0.717, 1.165) is 47.6 Å². The van der Waals surface area contributed by atoms with Crippen molar-refractivity contribution in [3.8, 4) is 11.3 Å². The van der Waals surface area contributed by atoms with Crippen LogP contribution in [0, 0.1) is 0 Å². The van der Waals surface area contributed by atoms with Gasteiger partial charge in [-0.1, -0.05) is 28.1 Å². The monoisotopic (exact) mass is 321 g/mol. The van der Waals surface area contributed by atoms with E-state index in [9.17, 15) is 5.11 Å². The first-order valence-corrected chi connectivity index (χ1v) is 7.25. The SMILES string of the molecule is O[C@H]1CCN(Cc2ccc(-c3ccc(Br)cc3)o2)C1. The second-order valence-electron chi connectivity index (χ2n) is 4.95. The van der Waals surface area contributed by atoms with E-state index in [1.807, 2.05) is 36.4 Å². The topological polar surface area (TPSA) is 36.6 Å². The van der Waals surface area contributed by atoms with Crippen LogP contribution in [0.5, 0.6) is 0 Å². The molecule has 2 aromatic rings. The highest BCUT2D eigenvalue weighted by Crippen LogP contribution is 2.25. The molecule has 1 aromatic carbocycles. The third kappa shape index (κ3) is 3.08. The molecule has 19 heavy (non-hydrogen) atoms. The standard InChI is InChI=1S/C15H16BrNO2/c16-12-3-1-11(2-4-12)15-6-5-14(19-15)10-17-8-7-13(18)9-17/h1-6,13,18H,7-10H2/t13-/m0/s1. The maximum absolute atomic E-state index is 9.51. The Morgan fingerprint density at radius 1 is 1.21 bits per heavy atom. The lowest BCUT2D eigenvalue weighted by Crippen LogP contribution is -2.21. The molecule has 1 saturated heterocycles. The minimum absolute atomic E-state index is 0.180. The molecule has 1 aliphatic heterocycles. The first-order valence-electron chi connectivity index (χ1n) is 6.46. The van der Waals surface area contributed by atoms with Crippen LogP contribution >= 0.6 is 15.9 Å². The van der Waals surface area contributed by atoms with Crippen molar-refractivity contribution in [2.24, 2.45) is 0 Å². The van der Waals surface area contributed by atoms with E-state index in [1.54, 1.807) is 0 Å². The van der Waals surface area contributed by atoms with Gasteiger partial charge < -0.3 is 9.52 Å². The molecule has 0 saturated carbocycles. The van der Waals surface area contributed by atoms with Crippen molar-refractivity contribution < 1.29 is 9.52 Å². The molecule has 3 rings (SSSR count). The van der Waals surface area contributed by atoms with Crippen molar-refractivity contribution >= 4 is 15.9 Å². The van der Waals surface area contributed by atoms with Crippen LogP contribution < -0.4 is 0 Å². The van der Waals surface area contributed by atoms with Gasteiger partial charge in [-0.15, -0.1) is 0 Å². The Labute approximate surface area is 121 Å². The van der Waals surface area contributed by atoms with Gasteiger partial charge in [0.25, 0.3) is 0 Å². The lowest BCUT2D eigenvalue weighted by atomic mass is 10.2. The maximum Gasteiger partial charge on any atom is 0.134 e. The highest BCUT2D eigenvalue weighted by atomic mass is 79.9. The van der Waals surface area contributed by atoms with Gasteiger partial charge in [-0.2, -0.15) is 0 Å². The van der Waals surface area contributed by atoms with E-state index in [1.165, 1.54) is 0 Å². The minimum Gasteiger partial charge on any atom is -0.460 e. The molecular formula is C15H16BrNO2. The number of aliphatic hydroxyl groups excluding tert-OH is 1. The molecule has 0 aliphatic carbocycles. The van der Waals surface area contributed by atoms with Gasteiger partial charge in [0.15, 0.2) is 0 Å². The zero-order chi connectivity index (χ0) is 13.2. The molecule has 0 spiro atoms. The van der Waals surface area contributed by atoms with Crippen molar-refractivity contribution in [1.82, 2.24) is 4.90 Å². The second kappa shape index (κ2) is 5.49. The van der Waals surface area contributed by atoms with Crippen LogP contribution in [0.3, 0.4) is 0 Å². The van der Waals surface area contributed by atoms with Crippen LogP contribution in [-0.4, -0.2) is 29.2 Å². The number of aliphatic hydroxyl groups is 1. The third-order valence-corrected chi connectivity index (χ3v) is 3.95. The third-order valence-electron chi connectivity index (χ3n) is 3.42. The summed E-state index contributed by atoms with van der Waals surface area (Å²) in [5.74, 6) is 1.84. The van der Waals surface area contributed by atoms with E-state index in [0.29, 0.717) is 0 Å². The minimum atomic E-state index is -0.180. The van der Waals surface area contributed by atoms with E-state index >= 15 is 0 Å². The predicted octanol–water partition coefficient (Wildman–Crippen LogP) is 3.28. The lowest BCUT2D eigenvalue weighted by Gasteiger charge is -2.12. The average Bonchev–Trinajstić information content (AvgIpc) is 3.00. The van der Waals surface area contributed by atoms with Crippen LogP contribution in [-0.2, 0) is 6.54 Å². The molecule has 1 aliphatic rings. The zero-order valence-electron chi connectivity index (χ0n) is 10.6. The quantitative estimate of drug-likeness (QED) is 0.942. The van der Waals surface area contributed by atoms with Gasteiger partial charge in [0, 0.05) is 23.1 Å². The number of likely N-dealkylation sites (tertiary alicyclic amines) is 1. The molecule has 4 heteroatoms. The molecule has 3 nitrogen and oxygen atoms in total. The zero-order valence-corrected chi connectivity index (χ0v) is 12.1. The number of furan rings is 1. The Bertz CT molecular complexity index is 550. The molecule has 1 fully saturated rings. The summed E-state index contributed by atoms with van der Waals surface area (Å²) in [6, 6.07) is 12.1. The Morgan fingerprint density at radius 3 is 2.68 bits per heavy atom. The molecular weight excluding hydrogens is 306 g/mol. The fourth-order valence-corrected chi connectivity index (χ4v) is 2.67. The van der Waals surface area contributed by atoms with Crippen molar-refractivity contribution in [3.05, 3.63) is 46.6 Å². The normalized spacial score (nSPS) is 20.0. The number of rotatable bonds is 3. The molecule has 100 valence electrons. The van der Waals surface area contributed by atoms with Gasteiger partial charge in [-0.05, 0) is 30.7 Å². The molecule has 2 heterocycles. The highest BCUT2D eigenvalue weighted by Gasteiger charge is 2.21. The van der Waals surface area contributed by atoms with Gasteiger partial charge in [0.2, 0.25) is 0 Å². The van der Waals surface area contributed by atoms with Gasteiger partial charge >= 0.3 is 0 Å². The van der Waals surface area contributed by atoms with Gasteiger partial charge in [-0.3, -0.25) is 4.90 Å². The lowest BCUT2D eigenvalue weighted by molar-refractivity contribution is 0.172. The molecule has 0 radical (unpaired) electrons. The second-order valence-corrected chi connectivity index (χ2v) is 5.87. The summed E-state index contributed by atoms with van der Waals surface area (Å²) in [7, 11) is 0. The summed E-state index contributed by atoms with van der Waals surface area (Å²) in [6.07, 6.45) is 0.682. The summed E-state index contributed by atoms with van der Waals surface area (Å²) in [6.45, 7) is 2.46. The van der Waals surface area contributed by atoms with E-state index in [4.69, 9.17) is 4.42 Å². The summed E-state index contributed by atoms with van der Waals surface area (Å²) >= 11 is 3.43. The first-order chi connectivity index (χ1) is 9.20. The van der Waals surface area contributed by atoms with Crippen molar-refractivity contribution in [3.63, 3.8) is 0 Å². The molecule has 1 aromatic heterocycles. The molecule has 1 N–H and O–H groups in total. The summed E-state index contributed by atoms with van der Waals surface area (Å²) in [5, 5.41) is 9.51. The van der Waals surface area contributed by atoms with Crippen LogP contribution in [0.4, 0.5) is 0 Å². The maximum atomic E-state index is 9.51.